The van der Waals surface area contributed by atoms with Crippen LogP contribution in [0.15, 0.2) is 42.5 Å². The minimum atomic E-state index is 0.560. The van der Waals surface area contributed by atoms with Crippen molar-refractivity contribution in [3.63, 3.8) is 0 Å². The third-order valence-corrected chi connectivity index (χ3v) is 3.18. The van der Waals surface area contributed by atoms with Crippen molar-refractivity contribution in [3.05, 3.63) is 59.2 Å². The van der Waals surface area contributed by atoms with Crippen LogP contribution in [0, 0.1) is 13.8 Å². The first-order chi connectivity index (χ1) is 10.2. The lowest BCUT2D eigenvalue weighted by Crippen LogP contribution is -2.05. The average Bonchev–Trinajstić information content (AvgIpc) is 2.46. The molecule has 3 nitrogen and oxygen atoms in total. The maximum atomic E-state index is 5.75. The highest BCUT2D eigenvalue weighted by Crippen LogP contribution is 2.16. The van der Waals surface area contributed by atoms with E-state index in [1.165, 1.54) is 11.1 Å². The minimum Gasteiger partial charge on any atom is -0.493 e. The zero-order valence-corrected chi connectivity index (χ0v) is 12.8. The number of aryl methyl sites for hydroxylation is 2. The zero-order valence-electron chi connectivity index (χ0n) is 12.8. The Kier molecular flexibility index (Phi) is 5.64. The van der Waals surface area contributed by atoms with Gasteiger partial charge in [-0.3, -0.25) is 0 Å². The van der Waals surface area contributed by atoms with Crippen LogP contribution < -0.4 is 15.2 Å². The molecule has 21 heavy (non-hydrogen) atoms. The van der Waals surface area contributed by atoms with Crippen LogP contribution in [0.5, 0.6) is 11.5 Å². The molecule has 3 heteroatoms. The summed E-state index contributed by atoms with van der Waals surface area (Å²) in [7, 11) is 0. The number of nitrogens with two attached hydrogens (primary N) is 1. The summed E-state index contributed by atoms with van der Waals surface area (Å²) >= 11 is 0. The fourth-order valence-corrected chi connectivity index (χ4v) is 2.18. The van der Waals surface area contributed by atoms with E-state index < -0.39 is 0 Å². The van der Waals surface area contributed by atoms with Gasteiger partial charge in [-0.15, -0.1) is 0 Å². The van der Waals surface area contributed by atoms with Crippen LogP contribution >= 0.6 is 0 Å². The van der Waals surface area contributed by atoms with E-state index >= 15 is 0 Å². The van der Waals surface area contributed by atoms with E-state index in [0.29, 0.717) is 19.8 Å². The van der Waals surface area contributed by atoms with Gasteiger partial charge in [0.1, 0.15) is 11.5 Å². The predicted octanol–water partition coefficient (Wildman–Crippen LogP) is 3.61. The molecule has 2 N–H and O–H groups in total. The Hall–Kier alpha value is -2.00. The van der Waals surface area contributed by atoms with Crippen molar-refractivity contribution >= 4 is 0 Å². The summed E-state index contributed by atoms with van der Waals surface area (Å²) in [6.45, 7) is 6.02. The molecule has 0 saturated heterocycles. The van der Waals surface area contributed by atoms with Gasteiger partial charge in [0, 0.05) is 13.0 Å². The minimum absolute atomic E-state index is 0.560. The largest absolute Gasteiger partial charge is 0.493 e. The van der Waals surface area contributed by atoms with Gasteiger partial charge < -0.3 is 15.2 Å². The number of ether oxygens (including phenoxy) is 2. The average molecular weight is 285 g/mol. The summed E-state index contributed by atoms with van der Waals surface area (Å²) in [5.74, 6) is 1.80. The maximum Gasteiger partial charge on any atom is 0.119 e. The van der Waals surface area contributed by atoms with Gasteiger partial charge in [0.25, 0.3) is 0 Å². The molecule has 0 fully saturated rings. The Balaban J connectivity index is 1.69. The van der Waals surface area contributed by atoms with Crippen LogP contribution in [0.2, 0.25) is 0 Å². The molecule has 2 aromatic carbocycles. The van der Waals surface area contributed by atoms with E-state index in [9.17, 15) is 0 Å². The van der Waals surface area contributed by atoms with Crippen molar-refractivity contribution in [2.24, 2.45) is 5.73 Å². The van der Waals surface area contributed by atoms with E-state index in [4.69, 9.17) is 15.2 Å². The highest BCUT2D eigenvalue weighted by atomic mass is 16.5. The van der Waals surface area contributed by atoms with Gasteiger partial charge in [-0.1, -0.05) is 18.2 Å². The summed E-state index contributed by atoms with van der Waals surface area (Å²) in [4.78, 5) is 0. The molecule has 0 aliphatic heterocycles. The second-order valence-electron chi connectivity index (χ2n) is 5.22. The molecule has 0 aliphatic rings. The Morgan fingerprint density at radius 2 is 1.38 bits per heavy atom. The molecule has 0 spiro atoms. The Labute approximate surface area is 126 Å². The van der Waals surface area contributed by atoms with Gasteiger partial charge in [0.15, 0.2) is 0 Å². The Bertz CT molecular complexity index is 544. The van der Waals surface area contributed by atoms with E-state index in [2.05, 4.69) is 32.0 Å². The van der Waals surface area contributed by atoms with Crippen LogP contribution in [0.4, 0.5) is 0 Å². The second kappa shape index (κ2) is 7.70. The van der Waals surface area contributed by atoms with Gasteiger partial charge in [-0.2, -0.15) is 0 Å². The first kappa shape index (κ1) is 15.4. The van der Waals surface area contributed by atoms with E-state index in [0.717, 1.165) is 23.5 Å². The van der Waals surface area contributed by atoms with Crippen LogP contribution in [-0.2, 0) is 6.54 Å². The number of rotatable bonds is 7. The SMILES string of the molecule is Cc1cc(C)cc(OCCCOc2ccc(CN)cc2)c1. The summed E-state index contributed by atoms with van der Waals surface area (Å²) in [5, 5.41) is 0. The van der Waals surface area contributed by atoms with E-state index in [1.807, 2.05) is 24.3 Å². The molecule has 0 aliphatic carbocycles. The molecule has 112 valence electrons. The molecular weight excluding hydrogens is 262 g/mol. The normalized spacial score (nSPS) is 10.4. The quantitative estimate of drug-likeness (QED) is 0.790. The standard InChI is InChI=1S/C18H23NO2/c1-14-10-15(2)12-18(11-14)21-9-3-8-20-17-6-4-16(13-19)5-7-17/h4-7,10-12H,3,8-9,13,19H2,1-2H3. The first-order valence-electron chi connectivity index (χ1n) is 7.30. The number of hydrogen-bond acceptors (Lipinski definition) is 3. The number of benzene rings is 2. The van der Waals surface area contributed by atoms with Gasteiger partial charge in [-0.25, -0.2) is 0 Å². The summed E-state index contributed by atoms with van der Waals surface area (Å²) in [6.07, 6.45) is 0.853. The van der Waals surface area contributed by atoms with Gasteiger partial charge in [-0.05, 0) is 54.8 Å². The number of hydrogen-bond donors (Lipinski definition) is 1. The fraction of sp³-hybridized carbons (Fsp3) is 0.333. The lowest BCUT2D eigenvalue weighted by Gasteiger charge is -2.09. The maximum absolute atomic E-state index is 5.75. The van der Waals surface area contributed by atoms with E-state index in [1.54, 1.807) is 0 Å². The smallest absolute Gasteiger partial charge is 0.119 e. The van der Waals surface area contributed by atoms with Crippen molar-refractivity contribution in [1.82, 2.24) is 0 Å². The van der Waals surface area contributed by atoms with Crippen LogP contribution in [-0.4, -0.2) is 13.2 Å². The Morgan fingerprint density at radius 3 is 1.95 bits per heavy atom. The highest BCUT2D eigenvalue weighted by Gasteiger charge is 1.98. The molecule has 2 rings (SSSR count). The molecular formula is C18H23NO2. The lowest BCUT2D eigenvalue weighted by atomic mass is 10.1. The molecule has 0 bridgehead atoms. The molecule has 0 heterocycles. The van der Waals surface area contributed by atoms with Crippen molar-refractivity contribution in [3.8, 4) is 11.5 Å². The van der Waals surface area contributed by atoms with Crippen molar-refractivity contribution in [1.29, 1.82) is 0 Å². The van der Waals surface area contributed by atoms with Crippen LogP contribution in [0.3, 0.4) is 0 Å². The molecule has 0 unspecified atom stereocenters. The summed E-state index contributed by atoms with van der Waals surface area (Å²) in [6, 6.07) is 14.1. The third kappa shape index (κ3) is 5.12. The molecule has 2 aromatic rings. The summed E-state index contributed by atoms with van der Waals surface area (Å²) < 4.78 is 11.4. The highest BCUT2D eigenvalue weighted by molar-refractivity contribution is 5.33. The zero-order chi connectivity index (χ0) is 15.1. The Morgan fingerprint density at radius 1 is 0.810 bits per heavy atom. The van der Waals surface area contributed by atoms with Crippen molar-refractivity contribution in [2.75, 3.05) is 13.2 Å². The van der Waals surface area contributed by atoms with Crippen molar-refractivity contribution in [2.45, 2.75) is 26.8 Å². The fourth-order valence-electron chi connectivity index (χ4n) is 2.18. The third-order valence-electron chi connectivity index (χ3n) is 3.18. The molecule has 0 saturated carbocycles. The van der Waals surface area contributed by atoms with Crippen LogP contribution in [0.1, 0.15) is 23.1 Å². The van der Waals surface area contributed by atoms with E-state index in [-0.39, 0.29) is 0 Å². The molecule has 0 aromatic heterocycles. The molecule has 0 atom stereocenters. The van der Waals surface area contributed by atoms with Gasteiger partial charge in [0.2, 0.25) is 0 Å². The lowest BCUT2D eigenvalue weighted by molar-refractivity contribution is 0.247. The molecule has 0 amide bonds. The molecule has 0 radical (unpaired) electrons. The summed E-state index contributed by atoms with van der Waals surface area (Å²) in [5.41, 5.74) is 9.12. The van der Waals surface area contributed by atoms with Crippen molar-refractivity contribution < 1.29 is 9.47 Å². The monoisotopic (exact) mass is 285 g/mol. The van der Waals surface area contributed by atoms with Gasteiger partial charge >= 0.3 is 0 Å². The van der Waals surface area contributed by atoms with Crippen LogP contribution in [0.25, 0.3) is 0 Å². The first-order valence-corrected chi connectivity index (χ1v) is 7.30. The topological polar surface area (TPSA) is 44.5 Å². The predicted molar refractivity (Wildman–Crippen MR) is 85.9 cm³/mol. The van der Waals surface area contributed by atoms with Gasteiger partial charge in [0.05, 0.1) is 13.2 Å². The second-order valence-corrected chi connectivity index (χ2v) is 5.22.